The minimum atomic E-state index is -0.435. The second-order valence-electron chi connectivity index (χ2n) is 4.10. The van der Waals surface area contributed by atoms with Crippen LogP contribution in [-0.4, -0.2) is 10.0 Å². The van der Waals surface area contributed by atoms with Crippen molar-refractivity contribution in [3.05, 3.63) is 70.3 Å². The average molecular weight is 287 g/mol. The third-order valence-corrected chi connectivity index (χ3v) is 2.88. The van der Waals surface area contributed by atoms with Crippen LogP contribution in [0.2, 0.25) is 0 Å². The fourth-order valence-electron chi connectivity index (χ4n) is 1.62. The van der Waals surface area contributed by atoms with Crippen molar-refractivity contribution < 1.29 is 4.92 Å². The summed E-state index contributed by atoms with van der Waals surface area (Å²) >= 11 is 5.16. The Labute approximate surface area is 121 Å². The summed E-state index contributed by atoms with van der Waals surface area (Å²) in [5.74, 6) is 0. The Morgan fingerprint density at radius 2 is 1.75 bits per heavy atom. The molecule has 0 saturated heterocycles. The van der Waals surface area contributed by atoms with Crippen LogP contribution >= 0.6 is 12.2 Å². The van der Waals surface area contributed by atoms with Crippen LogP contribution in [0.5, 0.6) is 0 Å². The van der Waals surface area contributed by atoms with Crippen LogP contribution in [0.4, 0.5) is 11.4 Å². The summed E-state index contributed by atoms with van der Waals surface area (Å²) < 4.78 is 0. The molecule has 5 nitrogen and oxygen atoms in total. The number of nitro groups is 1. The maximum atomic E-state index is 10.5. The van der Waals surface area contributed by atoms with Crippen LogP contribution < -0.4 is 10.6 Å². The predicted octanol–water partition coefficient (Wildman–Crippen LogP) is 3.08. The number of nitrogens with zero attached hydrogens (tertiary/aromatic N) is 1. The van der Waals surface area contributed by atoms with Gasteiger partial charge in [-0.3, -0.25) is 10.1 Å². The number of hydrogen-bond donors (Lipinski definition) is 2. The molecule has 0 amide bonds. The van der Waals surface area contributed by atoms with E-state index in [1.54, 1.807) is 12.1 Å². The number of anilines is 1. The van der Waals surface area contributed by atoms with Crippen LogP contribution in [0.15, 0.2) is 54.6 Å². The number of rotatable bonds is 4. The van der Waals surface area contributed by atoms with Gasteiger partial charge in [0.2, 0.25) is 0 Å². The molecule has 0 aliphatic heterocycles. The molecule has 0 atom stereocenters. The van der Waals surface area contributed by atoms with Crippen molar-refractivity contribution in [2.75, 3.05) is 5.32 Å². The largest absolute Gasteiger partial charge is 0.358 e. The number of benzene rings is 2. The maximum absolute atomic E-state index is 10.5. The molecule has 0 heterocycles. The summed E-state index contributed by atoms with van der Waals surface area (Å²) in [6.45, 7) is 0.625. The van der Waals surface area contributed by atoms with Gasteiger partial charge in [-0.15, -0.1) is 0 Å². The third-order valence-electron chi connectivity index (χ3n) is 2.63. The van der Waals surface area contributed by atoms with Gasteiger partial charge in [-0.25, -0.2) is 0 Å². The van der Waals surface area contributed by atoms with E-state index >= 15 is 0 Å². The number of hydrogen-bond acceptors (Lipinski definition) is 3. The van der Waals surface area contributed by atoms with Gasteiger partial charge >= 0.3 is 0 Å². The lowest BCUT2D eigenvalue weighted by Gasteiger charge is -2.10. The Morgan fingerprint density at radius 1 is 1.10 bits per heavy atom. The quantitative estimate of drug-likeness (QED) is 0.514. The first-order chi connectivity index (χ1) is 9.65. The minimum Gasteiger partial charge on any atom is -0.358 e. The van der Waals surface area contributed by atoms with Gasteiger partial charge in [0, 0.05) is 24.4 Å². The van der Waals surface area contributed by atoms with E-state index in [2.05, 4.69) is 10.6 Å². The Morgan fingerprint density at radius 3 is 2.35 bits per heavy atom. The molecule has 2 aromatic rings. The highest BCUT2D eigenvalue weighted by Crippen LogP contribution is 2.15. The molecule has 2 aromatic carbocycles. The molecular formula is C14H13N3O2S. The fraction of sp³-hybridized carbons (Fsp3) is 0.0714. The van der Waals surface area contributed by atoms with E-state index in [0.29, 0.717) is 17.3 Å². The van der Waals surface area contributed by atoms with Crippen molar-refractivity contribution in [2.45, 2.75) is 6.54 Å². The lowest BCUT2D eigenvalue weighted by atomic mass is 10.2. The van der Waals surface area contributed by atoms with Gasteiger partial charge in [-0.05, 0) is 29.9 Å². The first-order valence-electron chi connectivity index (χ1n) is 5.98. The zero-order valence-electron chi connectivity index (χ0n) is 10.6. The highest BCUT2D eigenvalue weighted by atomic mass is 32.1. The van der Waals surface area contributed by atoms with Gasteiger partial charge in [0.05, 0.1) is 4.92 Å². The van der Waals surface area contributed by atoms with E-state index in [9.17, 15) is 10.1 Å². The molecular weight excluding hydrogens is 274 g/mol. The van der Waals surface area contributed by atoms with Crippen molar-refractivity contribution in [1.82, 2.24) is 5.32 Å². The van der Waals surface area contributed by atoms with Crippen molar-refractivity contribution in [3.8, 4) is 0 Å². The lowest BCUT2D eigenvalue weighted by molar-refractivity contribution is -0.384. The Bertz CT molecular complexity index is 600. The van der Waals surface area contributed by atoms with Gasteiger partial charge in [0.15, 0.2) is 5.11 Å². The Balaban J connectivity index is 1.86. The average Bonchev–Trinajstić information content (AvgIpc) is 2.47. The molecule has 2 N–H and O–H groups in total. The zero-order chi connectivity index (χ0) is 14.4. The van der Waals surface area contributed by atoms with E-state index in [1.165, 1.54) is 12.1 Å². The lowest BCUT2D eigenvalue weighted by Crippen LogP contribution is -2.27. The molecule has 2 rings (SSSR count). The molecule has 0 aromatic heterocycles. The highest BCUT2D eigenvalue weighted by molar-refractivity contribution is 7.80. The van der Waals surface area contributed by atoms with Crippen molar-refractivity contribution in [3.63, 3.8) is 0 Å². The van der Waals surface area contributed by atoms with E-state index in [4.69, 9.17) is 12.2 Å². The molecule has 0 radical (unpaired) electrons. The summed E-state index contributed by atoms with van der Waals surface area (Å²) in [5, 5.41) is 17.1. The summed E-state index contributed by atoms with van der Waals surface area (Å²) in [6, 6.07) is 16.0. The van der Waals surface area contributed by atoms with Crippen LogP contribution in [-0.2, 0) is 6.54 Å². The van der Waals surface area contributed by atoms with Gasteiger partial charge in [-0.2, -0.15) is 0 Å². The van der Waals surface area contributed by atoms with Gasteiger partial charge in [0.25, 0.3) is 5.69 Å². The van der Waals surface area contributed by atoms with E-state index in [1.807, 2.05) is 30.3 Å². The van der Waals surface area contributed by atoms with Gasteiger partial charge < -0.3 is 10.6 Å². The first kappa shape index (κ1) is 14.0. The topological polar surface area (TPSA) is 67.2 Å². The first-order valence-corrected chi connectivity index (χ1v) is 6.39. The van der Waals surface area contributed by atoms with Gasteiger partial charge in [-0.1, -0.05) is 30.3 Å². The molecule has 0 bridgehead atoms. The molecule has 0 fully saturated rings. The molecule has 20 heavy (non-hydrogen) atoms. The van der Waals surface area contributed by atoms with Gasteiger partial charge in [0.1, 0.15) is 0 Å². The zero-order valence-corrected chi connectivity index (χ0v) is 11.4. The number of nitro benzene ring substituents is 1. The number of thiocarbonyl (C=S) groups is 1. The normalized spacial score (nSPS) is 9.80. The van der Waals surface area contributed by atoms with E-state index in [-0.39, 0.29) is 5.69 Å². The molecule has 0 saturated carbocycles. The standard InChI is InChI=1S/C14H13N3O2S/c18-17(19)13-8-6-12(7-9-13)16-14(20)15-10-11-4-2-1-3-5-11/h1-9H,10H2,(H2,15,16,20). The molecule has 6 heteroatoms. The van der Waals surface area contributed by atoms with Crippen molar-refractivity contribution in [2.24, 2.45) is 0 Å². The molecule has 0 spiro atoms. The predicted molar refractivity (Wildman–Crippen MR) is 82.6 cm³/mol. The van der Waals surface area contributed by atoms with Crippen LogP contribution in [0.25, 0.3) is 0 Å². The maximum Gasteiger partial charge on any atom is 0.269 e. The number of nitrogens with one attached hydrogen (secondary N) is 2. The summed E-state index contributed by atoms with van der Waals surface area (Å²) in [7, 11) is 0. The van der Waals surface area contributed by atoms with Crippen molar-refractivity contribution in [1.29, 1.82) is 0 Å². The fourth-order valence-corrected chi connectivity index (χ4v) is 1.81. The van der Waals surface area contributed by atoms with E-state index in [0.717, 1.165) is 5.56 Å². The Hall–Kier alpha value is -2.47. The molecule has 102 valence electrons. The smallest absolute Gasteiger partial charge is 0.269 e. The van der Waals surface area contributed by atoms with Crippen LogP contribution in [0.3, 0.4) is 0 Å². The number of non-ortho nitro benzene ring substituents is 1. The highest BCUT2D eigenvalue weighted by Gasteiger charge is 2.04. The SMILES string of the molecule is O=[N+]([O-])c1ccc(NC(=S)NCc2ccccc2)cc1. The third kappa shape index (κ3) is 4.03. The second kappa shape index (κ2) is 6.63. The molecule has 0 aliphatic carbocycles. The van der Waals surface area contributed by atoms with Crippen LogP contribution in [0, 0.1) is 10.1 Å². The summed E-state index contributed by atoms with van der Waals surface area (Å²) in [6.07, 6.45) is 0. The summed E-state index contributed by atoms with van der Waals surface area (Å²) in [5.41, 5.74) is 1.89. The molecule has 0 aliphatic rings. The Kier molecular flexibility index (Phi) is 4.62. The summed E-state index contributed by atoms with van der Waals surface area (Å²) in [4.78, 5) is 10.1. The minimum absolute atomic E-state index is 0.0544. The second-order valence-corrected chi connectivity index (χ2v) is 4.51. The van der Waals surface area contributed by atoms with Crippen molar-refractivity contribution >= 4 is 28.7 Å². The monoisotopic (exact) mass is 287 g/mol. The molecule has 0 unspecified atom stereocenters. The van der Waals surface area contributed by atoms with Crippen LogP contribution in [0.1, 0.15) is 5.56 Å². The van der Waals surface area contributed by atoms with E-state index < -0.39 is 4.92 Å².